The van der Waals surface area contributed by atoms with Crippen LogP contribution in [0, 0.1) is 5.41 Å². The van der Waals surface area contributed by atoms with Crippen LogP contribution in [0.25, 0.3) is 10.8 Å². The molecular formula is C16H18N2O3. The Balaban J connectivity index is 1.83. The van der Waals surface area contributed by atoms with Crippen molar-refractivity contribution in [3.05, 3.63) is 42.2 Å². The summed E-state index contributed by atoms with van der Waals surface area (Å²) in [5.74, 6) is -0.908. The van der Waals surface area contributed by atoms with E-state index in [9.17, 15) is 15.0 Å². The first kappa shape index (κ1) is 14.0. The minimum atomic E-state index is -1.01. The molecule has 0 amide bonds. The third-order valence-electron chi connectivity index (χ3n) is 4.35. The standard InChI is InChI=1S/C16H18N2O3/c19-11-16(15(20)21)5-7-18(10-16)9-13-3-1-2-12-8-17-6-4-14(12)13/h1-4,6,8,19H,5,7,9-11H2,(H,20,21). The maximum absolute atomic E-state index is 11.4. The Bertz CT molecular complexity index is 668. The van der Waals surface area contributed by atoms with Crippen molar-refractivity contribution in [2.24, 2.45) is 5.41 Å². The summed E-state index contributed by atoms with van der Waals surface area (Å²) in [4.78, 5) is 17.6. The molecule has 21 heavy (non-hydrogen) atoms. The van der Waals surface area contributed by atoms with Crippen LogP contribution in [0.4, 0.5) is 0 Å². The molecule has 1 aliphatic heterocycles. The van der Waals surface area contributed by atoms with Crippen LogP contribution in [-0.4, -0.2) is 45.8 Å². The molecule has 2 heterocycles. The summed E-state index contributed by atoms with van der Waals surface area (Å²) < 4.78 is 0. The van der Waals surface area contributed by atoms with E-state index in [-0.39, 0.29) is 6.61 Å². The van der Waals surface area contributed by atoms with E-state index in [4.69, 9.17) is 0 Å². The lowest BCUT2D eigenvalue weighted by Crippen LogP contribution is -2.37. The number of carboxylic acid groups (broad SMARTS) is 1. The second-order valence-corrected chi connectivity index (χ2v) is 5.72. The van der Waals surface area contributed by atoms with Gasteiger partial charge in [-0.15, -0.1) is 0 Å². The van der Waals surface area contributed by atoms with Crippen LogP contribution in [0.2, 0.25) is 0 Å². The third kappa shape index (κ3) is 2.50. The number of fused-ring (bicyclic) bond motifs is 1. The SMILES string of the molecule is O=C(O)C1(CO)CCN(Cc2cccc3cnccc23)C1. The molecule has 1 aromatic heterocycles. The van der Waals surface area contributed by atoms with Crippen LogP contribution < -0.4 is 0 Å². The predicted octanol–water partition coefficient (Wildman–Crippen LogP) is 1.50. The number of likely N-dealkylation sites (tertiary alicyclic amines) is 1. The number of rotatable bonds is 4. The van der Waals surface area contributed by atoms with Gasteiger partial charge in [0.25, 0.3) is 0 Å². The van der Waals surface area contributed by atoms with Gasteiger partial charge in [-0.1, -0.05) is 18.2 Å². The summed E-state index contributed by atoms with van der Waals surface area (Å²) in [5.41, 5.74) is 0.153. The molecule has 0 saturated carbocycles. The molecule has 0 bridgehead atoms. The zero-order chi connectivity index (χ0) is 14.9. The molecule has 0 aliphatic carbocycles. The lowest BCUT2D eigenvalue weighted by Gasteiger charge is -2.22. The average molecular weight is 286 g/mol. The minimum absolute atomic E-state index is 0.307. The van der Waals surface area contributed by atoms with E-state index in [0.29, 0.717) is 26.1 Å². The average Bonchev–Trinajstić information content (AvgIpc) is 2.92. The molecule has 1 saturated heterocycles. The fraction of sp³-hybridized carbons (Fsp3) is 0.375. The number of aromatic nitrogens is 1. The van der Waals surface area contributed by atoms with E-state index < -0.39 is 11.4 Å². The molecule has 5 heteroatoms. The van der Waals surface area contributed by atoms with Gasteiger partial charge in [0, 0.05) is 30.9 Å². The first-order valence-corrected chi connectivity index (χ1v) is 7.03. The minimum Gasteiger partial charge on any atom is -0.481 e. The number of aliphatic hydroxyl groups excluding tert-OH is 1. The molecule has 1 unspecified atom stereocenters. The fourth-order valence-electron chi connectivity index (χ4n) is 3.03. The number of carboxylic acids is 1. The molecule has 0 radical (unpaired) electrons. The lowest BCUT2D eigenvalue weighted by atomic mass is 9.88. The van der Waals surface area contributed by atoms with Crippen molar-refractivity contribution in [3.8, 4) is 0 Å². The lowest BCUT2D eigenvalue weighted by molar-refractivity contribution is -0.150. The first-order chi connectivity index (χ1) is 10.1. The summed E-state index contributed by atoms with van der Waals surface area (Å²) >= 11 is 0. The van der Waals surface area contributed by atoms with Crippen LogP contribution in [-0.2, 0) is 11.3 Å². The summed E-state index contributed by atoms with van der Waals surface area (Å²) in [6, 6.07) is 8.05. The summed E-state index contributed by atoms with van der Waals surface area (Å²) in [6.07, 6.45) is 4.09. The van der Waals surface area contributed by atoms with E-state index >= 15 is 0 Å². The van der Waals surface area contributed by atoms with Gasteiger partial charge in [-0.2, -0.15) is 0 Å². The van der Waals surface area contributed by atoms with Crippen molar-refractivity contribution >= 4 is 16.7 Å². The van der Waals surface area contributed by atoms with Crippen molar-refractivity contribution in [2.45, 2.75) is 13.0 Å². The summed E-state index contributed by atoms with van der Waals surface area (Å²) in [6.45, 7) is 1.46. The number of hydrogen-bond acceptors (Lipinski definition) is 4. The zero-order valence-electron chi connectivity index (χ0n) is 11.7. The van der Waals surface area contributed by atoms with Gasteiger partial charge < -0.3 is 10.2 Å². The topological polar surface area (TPSA) is 73.7 Å². The van der Waals surface area contributed by atoms with Crippen molar-refractivity contribution in [1.82, 2.24) is 9.88 Å². The highest BCUT2D eigenvalue weighted by Crippen LogP contribution is 2.32. The van der Waals surface area contributed by atoms with Crippen LogP contribution in [0.5, 0.6) is 0 Å². The molecule has 5 nitrogen and oxygen atoms in total. The molecule has 2 N–H and O–H groups in total. The number of carbonyl (C=O) groups is 1. The van der Waals surface area contributed by atoms with Gasteiger partial charge in [0.05, 0.1) is 6.61 Å². The second kappa shape index (κ2) is 5.42. The first-order valence-electron chi connectivity index (χ1n) is 7.03. The highest BCUT2D eigenvalue weighted by molar-refractivity contribution is 5.84. The number of hydrogen-bond donors (Lipinski definition) is 2. The molecular weight excluding hydrogens is 268 g/mol. The molecule has 1 fully saturated rings. The van der Waals surface area contributed by atoms with Crippen LogP contribution in [0.15, 0.2) is 36.7 Å². The summed E-state index contributed by atoms with van der Waals surface area (Å²) in [5, 5.41) is 21.0. The van der Waals surface area contributed by atoms with E-state index in [2.05, 4.69) is 16.0 Å². The van der Waals surface area contributed by atoms with Crippen LogP contribution in [0.3, 0.4) is 0 Å². The molecule has 1 aromatic carbocycles. The highest BCUT2D eigenvalue weighted by Gasteiger charge is 2.44. The van der Waals surface area contributed by atoms with Crippen molar-refractivity contribution in [3.63, 3.8) is 0 Å². The molecule has 0 spiro atoms. The largest absolute Gasteiger partial charge is 0.481 e. The number of benzene rings is 1. The number of nitrogens with zero attached hydrogens (tertiary/aromatic N) is 2. The smallest absolute Gasteiger partial charge is 0.313 e. The van der Waals surface area contributed by atoms with Gasteiger partial charge in [0.1, 0.15) is 5.41 Å². The Morgan fingerprint density at radius 1 is 1.38 bits per heavy atom. The molecule has 1 aliphatic rings. The molecule has 3 rings (SSSR count). The number of pyridine rings is 1. The van der Waals surface area contributed by atoms with Crippen molar-refractivity contribution in [1.29, 1.82) is 0 Å². The van der Waals surface area contributed by atoms with E-state index in [1.54, 1.807) is 6.20 Å². The Kier molecular flexibility index (Phi) is 3.61. The van der Waals surface area contributed by atoms with E-state index in [1.807, 2.05) is 24.4 Å². The predicted molar refractivity (Wildman–Crippen MR) is 78.8 cm³/mol. The third-order valence-corrected chi connectivity index (χ3v) is 4.35. The maximum Gasteiger partial charge on any atom is 0.313 e. The highest BCUT2D eigenvalue weighted by atomic mass is 16.4. The Labute approximate surface area is 122 Å². The second-order valence-electron chi connectivity index (χ2n) is 5.72. The van der Waals surface area contributed by atoms with Gasteiger partial charge >= 0.3 is 5.97 Å². The van der Waals surface area contributed by atoms with Crippen molar-refractivity contribution < 1.29 is 15.0 Å². The fourth-order valence-corrected chi connectivity index (χ4v) is 3.03. The van der Waals surface area contributed by atoms with Crippen LogP contribution >= 0.6 is 0 Å². The number of aliphatic hydroxyl groups is 1. The van der Waals surface area contributed by atoms with E-state index in [0.717, 1.165) is 16.3 Å². The Hall–Kier alpha value is -1.98. The summed E-state index contributed by atoms with van der Waals surface area (Å²) in [7, 11) is 0. The molecule has 1 atom stereocenters. The quantitative estimate of drug-likeness (QED) is 0.891. The van der Waals surface area contributed by atoms with Crippen LogP contribution in [0.1, 0.15) is 12.0 Å². The van der Waals surface area contributed by atoms with Crippen molar-refractivity contribution in [2.75, 3.05) is 19.7 Å². The number of aliphatic carboxylic acids is 1. The molecule has 110 valence electrons. The molecule has 2 aromatic rings. The van der Waals surface area contributed by atoms with Gasteiger partial charge in [-0.3, -0.25) is 14.7 Å². The Morgan fingerprint density at radius 3 is 2.95 bits per heavy atom. The van der Waals surface area contributed by atoms with Gasteiger partial charge in [0.2, 0.25) is 0 Å². The van der Waals surface area contributed by atoms with Gasteiger partial charge in [-0.05, 0) is 30.0 Å². The zero-order valence-corrected chi connectivity index (χ0v) is 11.7. The van der Waals surface area contributed by atoms with E-state index in [1.165, 1.54) is 0 Å². The maximum atomic E-state index is 11.4. The van der Waals surface area contributed by atoms with Gasteiger partial charge in [-0.25, -0.2) is 0 Å². The monoisotopic (exact) mass is 286 g/mol. The van der Waals surface area contributed by atoms with Gasteiger partial charge in [0.15, 0.2) is 0 Å². The Morgan fingerprint density at radius 2 is 2.24 bits per heavy atom. The normalized spacial score (nSPS) is 22.7.